The number of nitrogens with zero attached hydrogens (tertiary/aromatic N) is 3. The smallest absolute Gasteiger partial charge is 0.263 e. The lowest BCUT2D eigenvalue weighted by atomic mass is 9.97. The van der Waals surface area contributed by atoms with Gasteiger partial charge in [-0.2, -0.15) is 0 Å². The van der Waals surface area contributed by atoms with Gasteiger partial charge in [-0.25, -0.2) is 18.7 Å². The van der Waals surface area contributed by atoms with Crippen molar-refractivity contribution in [1.82, 2.24) is 9.97 Å². The van der Waals surface area contributed by atoms with E-state index in [2.05, 4.69) is 15.3 Å². The van der Waals surface area contributed by atoms with E-state index in [9.17, 15) is 13.6 Å². The summed E-state index contributed by atoms with van der Waals surface area (Å²) in [6.45, 7) is 1.09. The zero-order chi connectivity index (χ0) is 20.9. The first-order chi connectivity index (χ1) is 14.6. The predicted molar refractivity (Wildman–Crippen MR) is 108 cm³/mol. The van der Waals surface area contributed by atoms with E-state index in [1.54, 1.807) is 12.4 Å². The number of hydrogen-bond donors (Lipinski definition) is 1. The molecule has 3 aromatic rings. The van der Waals surface area contributed by atoms with Crippen LogP contribution in [0.5, 0.6) is 11.6 Å². The molecular formula is C22H20F2N4O2. The molecule has 1 aliphatic heterocycles. The molecule has 2 aromatic carbocycles. The number of hydrogen-bond acceptors (Lipinski definition) is 5. The molecular weight excluding hydrogens is 390 g/mol. The Kier molecular flexibility index (Phi) is 5.83. The summed E-state index contributed by atoms with van der Waals surface area (Å²) in [5.41, 5.74) is 0.0993. The molecule has 154 valence electrons. The van der Waals surface area contributed by atoms with Crippen LogP contribution in [0.1, 0.15) is 12.8 Å². The van der Waals surface area contributed by atoms with Gasteiger partial charge in [0.25, 0.3) is 5.88 Å². The van der Waals surface area contributed by atoms with Crippen molar-refractivity contribution in [3.05, 3.63) is 72.6 Å². The first-order valence-electron chi connectivity index (χ1n) is 9.64. The number of benzene rings is 2. The quantitative estimate of drug-likeness (QED) is 0.675. The molecule has 1 unspecified atom stereocenters. The zero-order valence-electron chi connectivity index (χ0n) is 16.1. The fourth-order valence-electron chi connectivity index (χ4n) is 3.46. The summed E-state index contributed by atoms with van der Waals surface area (Å²) < 4.78 is 32.7. The molecule has 30 heavy (non-hydrogen) atoms. The molecule has 0 saturated carbocycles. The SMILES string of the molecule is O=C(Nc1cc(F)cc(F)c1)C1CCCN(c2nccnc2Oc2ccccc2)C1. The summed E-state index contributed by atoms with van der Waals surface area (Å²) in [5, 5.41) is 2.61. The Bertz CT molecular complexity index is 1010. The topological polar surface area (TPSA) is 67.4 Å². The Morgan fingerprint density at radius 2 is 1.80 bits per heavy atom. The highest BCUT2D eigenvalue weighted by molar-refractivity contribution is 5.93. The van der Waals surface area contributed by atoms with Gasteiger partial charge in [-0.3, -0.25) is 4.79 Å². The molecule has 0 bridgehead atoms. The van der Waals surface area contributed by atoms with E-state index in [0.29, 0.717) is 37.0 Å². The summed E-state index contributed by atoms with van der Waals surface area (Å²) in [7, 11) is 0. The average Bonchev–Trinajstić information content (AvgIpc) is 2.74. The molecule has 2 heterocycles. The Morgan fingerprint density at radius 1 is 1.07 bits per heavy atom. The van der Waals surface area contributed by atoms with Gasteiger partial charge in [0.15, 0.2) is 5.82 Å². The van der Waals surface area contributed by atoms with Crippen molar-refractivity contribution in [3.8, 4) is 11.6 Å². The first-order valence-corrected chi connectivity index (χ1v) is 9.64. The molecule has 6 nitrogen and oxygen atoms in total. The summed E-state index contributed by atoms with van der Waals surface area (Å²) >= 11 is 0. The Morgan fingerprint density at radius 3 is 2.57 bits per heavy atom. The highest BCUT2D eigenvalue weighted by Crippen LogP contribution is 2.31. The number of piperidine rings is 1. The molecule has 0 spiro atoms. The third-order valence-electron chi connectivity index (χ3n) is 4.83. The van der Waals surface area contributed by atoms with Crippen molar-refractivity contribution in [2.75, 3.05) is 23.3 Å². The fourth-order valence-corrected chi connectivity index (χ4v) is 3.46. The van der Waals surface area contributed by atoms with Crippen LogP contribution in [0.3, 0.4) is 0 Å². The Balaban J connectivity index is 1.48. The number of carbonyl (C=O) groups is 1. The normalized spacial score (nSPS) is 16.2. The van der Waals surface area contributed by atoms with Crippen molar-refractivity contribution in [1.29, 1.82) is 0 Å². The summed E-state index contributed by atoms with van der Waals surface area (Å²) in [4.78, 5) is 23.3. The summed E-state index contributed by atoms with van der Waals surface area (Å²) in [6.07, 6.45) is 4.55. The lowest BCUT2D eigenvalue weighted by Gasteiger charge is -2.33. The lowest BCUT2D eigenvalue weighted by molar-refractivity contribution is -0.120. The van der Waals surface area contributed by atoms with Crippen LogP contribution in [0, 0.1) is 17.6 Å². The number of amides is 1. The van der Waals surface area contributed by atoms with Gasteiger partial charge < -0.3 is 15.0 Å². The second kappa shape index (κ2) is 8.86. The number of rotatable bonds is 5. The minimum atomic E-state index is -0.738. The summed E-state index contributed by atoms with van der Waals surface area (Å²) in [5.74, 6) is -0.585. The van der Waals surface area contributed by atoms with Crippen LogP contribution < -0.4 is 15.0 Å². The molecule has 0 radical (unpaired) electrons. The number of para-hydroxylation sites is 1. The Labute approximate surface area is 172 Å². The molecule has 1 amide bonds. The van der Waals surface area contributed by atoms with E-state index < -0.39 is 11.6 Å². The van der Waals surface area contributed by atoms with Crippen LogP contribution in [-0.2, 0) is 4.79 Å². The third kappa shape index (κ3) is 4.71. The molecule has 1 aliphatic rings. The van der Waals surface area contributed by atoms with Crippen molar-refractivity contribution in [3.63, 3.8) is 0 Å². The van der Waals surface area contributed by atoms with Crippen LogP contribution in [-0.4, -0.2) is 29.0 Å². The van der Waals surface area contributed by atoms with Gasteiger partial charge in [-0.15, -0.1) is 0 Å². The van der Waals surface area contributed by atoms with Gasteiger partial charge >= 0.3 is 0 Å². The number of ether oxygens (including phenoxy) is 1. The summed E-state index contributed by atoms with van der Waals surface area (Å²) in [6, 6.07) is 12.2. The van der Waals surface area contributed by atoms with Gasteiger partial charge in [-0.1, -0.05) is 18.2 Å². The number of carbonyl (C=O) groups excluding carboxylic acids is 1. The first kappa shape index (κ1) is 19.8. The van der Waals surface area contributed by atoms with Crippen LogP contribution >= 0.6 is 0 Å². The van der Waals surface area contributed by atoms with Gasteiger partial charge in [-0.05, 0) is 37.1 Å². The maximum absolute atomic E-state index is 13.4. The third-order valence-corrected chi connectivity index (χ3v) is 4.83. The molecule has 1 fully saturated rings. The van der Waals surface area contributed by atoms with Crippen molar-refractivity contribution >= 4 is 17.4 Å². The molecule has 1 atom stereocenters. The second-order valence-corrected chi connectivity index (χ2v) is 7.03. The van der Waals surface area contributed by atoms with E-state index in [1.807, 2.05) is 35.2 Å². The average molecular weight is 410 g/mol. The fraction of sp³-hybridized carbons (Fsp3) is 0.227. The van der Waals surface area contributed by atoms with E-state index in [-0.39, 0.29) is 17.5 Å². The molecule has 0 aliphatic carbocycles. The zero-order valence-corrected chi connectivity index (χ0v) is 16.1. The van der Waals surface area contributed by atoms with Gasteiger partial charge in [0.2, 0.25) is 5.91 Å². The molecule has 4 rings (SSSR count). The minimum Gasteiger partial charge on any atom is -0.436 e. The standard InChI is InChI=1S/C22H20F2N4O2/c23-16-11-17(24)13-18(12-16)27-21(29)15-5-4-10-28(14-15)20-22(26-9-8-25-20)30-19-6-2-1-3-7-19/h1-3,6-9,11-13,15H,4-5,10,14H2,(H,27,29). The molecule has 1 saturated heterocycles. The molecule has 1 N–H and O–H groups in total. The van der Waals surface area contributed by atoms with Crippen molar-refractivity contribution < 1.29 is 18.3 Å². The number of halogens is 2. The van der Waals surface area contributed by atoms with Crippen LogP contribution in [0.15, 0.2) is 60.9 Å². The Hall–Kier alpha value is -3.55. The van der Waals surface area contributed by atoms with E-state index in [1.165, 1.54) is 0 Å². The van der Waals surface area contributed by atoms with E-state index in [4.69, 9.17) is 4.74 Å². The van der Waals surface area contributed by atoms with Crippen LogP contribution in [0.25, 0.3) is 0 Å². The van der Waals surface area contributed by atoms with Crippen molar-refractivity contribution in [2.24, 2.45) is 5.92 Å². The van der Waals surface area contributed by atoms with E-state index >= 15 is 0 Å². The number of anilines is 2. The van der Waals surface area contributed by atoms with Crippen LogP contribution in [0.2, 0.25) is 0 Å². The number of aromatic nitrogens is 2. The van der Waals surface area contributed by atoms with Crippen molar-refractivity contribution in [2.45, 2.75) is 12.8 Å². The highest BCUT2D eigenvalue weighted by Gasteiger charge is 2.28. The monoisotopic (exact) mass is 410 g/mol. The van der Waals surface area contributed by atoms with E-state index in [0.717, 1.165) is 24.6 Å². The number of nitrogens with one attached hydrogen (secondary N) is 1. The highest BCUT2D eigenvalue weighted by atomic mass is 19.1. The van der Waals surface area contributed by atoms with Gasteiger partial charge in [0, 0.05) is 37.2 Å². The van der Waals surface area contributed by atoms with Crippen LogP contribution in [0.4, 0.5) is 20.3 Å². The van der Waals surface area contributed by atoms with Gasteiger partial charge in [0.1, 0.15) is 17.4 Å². The maximum Gasteiger partial charge on any atom is 0.263 e. The maximum atomic E-state index is 13.4. The van der Waals surface area contributed by atoms with Gasteiger partial charge in [0.05, 0.1) is 5.92 Å². The predicted octanol–water partition coefficient (Wildman–Crippen LogP) is 4.40. The lowest BCUT2D eigenvalue weighted by Crippen LogP contribution is -2.41. The second-order valence-electron chi connectivity index (χ2n) is 7.03. The molecule has 1 aromatic heterocycles. The largest absolute Gasteiger partial charge is 0.436 e. The molecule has 8 heteroatoms. The minimum absolute atomic E-state index is 0.0993.